The molecule has 1 amide bonds. The number of imidazole rings is 1. The maximum absolute atomic E-state index is 11.7. The summed E-state index contributed by atoms with van der Waals surface area (Å²) >= 11 is 1.66. The van der Waals surface area contributed by atoms with Crippen molar-refractivity contribution >= 4 is 23.3 Å². The van der Waals surface area contributed by atoms with E-state index in [9.17, 15) is 4.79 Å². The maximum atomic E-state index is 11.7. The van der Waals surface area contributed by atoms with Crippen LogP contribution in [0.15, 0.2) is 30.6 Å². The highest BCUT2D eigenvalue weighted by Crippen LogP contribution is 2.22. The van der Waals surface area contributed by atoms with Gasteiger partial charge in [-0.05, 0) is 12.1 Å². The minimum atomic E-state index is 0.0914. The number of nitrogens with zero attached hydrogens (tertiary/aromatic N) is 2. The van der Waals surface area contributed by atoms with E-state index in [2.05, 4.69) is 31.1 Å². The average Bonchev–Trinajstić information content (AvgIpc) is 2.78. The number of fused-ring (bicyclic) bond motifs is 1. The molecule has 0 aromatic carbocycles. The predicted molar refractivity (Wildman–Crippen MR) is 84.1 cm³/mol. The fraction of sp³-hybridized carbons (Fsp3) is 0.467. The lowest BCUT2D eigenvalue weighted by atomic mass is 10.3. The maximum Gasteiger partial charge on any atom is 0.230 e. The van der Waals surface area contributed by atoms with Crippen LogP contribution in [0.2, 0.25) is 0 Å². The third-order valence-corrected chi connectivity index (χ3v) is 4.03. The summed E-state index contributed by atoms with van der Waals surface area (Å²) in [7, 11) is 0. The van der Waals surface area contributed by atoms with Gasteiger partial charge in [0.25, 0.3) is 0 Å². The Hall–Kier alpha value is -1.49. The summed E-state index contributed by atoms with van der Waals surface area (Å²) in [4.78, 5) is 16.2. The Morgan fingerprint density at radius 2 is 2.20 bits per heavy atom. The normalized spacial score (nSPS) is 11.8. The van der Waals surface area contributed by atoms with Crippen LogP contribution in [0.3, 0.4) is 0 Å². The monoisotopic (exact) mass is 291 g/mol. The molecule has 0 bridgehead atoms. The molecule has 0 radical (unpaired) electrons. The molecule has 5 heteroatoms. The first-order valence-corrected chi connectivity index (χ1v) is 7.76. The summed E-state index contributed by atoms with van der Waals surface area (Å²) in [6.45, 7) is 6.97. The van der Waals surface area contributed by atoms with Gasteiger partial charge in [0.15, 0.2) is 0 Å². The molecule has 0 aliphatic heterocycles. The smallest absolute Gasteiger partial charge is 0.230 e. The Labute approximate surface area is 124 Å². The molecule has 20 heavy (non-hydrogen) atoms. The summed E-state index contributed by atoms with van der Waals surface area (Å²) in [5.74, 6) is 0.600. The number of rotatable bonds is 5. The summed E-state index contributed by atoms with van der Waals surface area (Å²) in [5, 5.41) is 2.94. The number of pyridine rings is 1. The van der Waals surface area contributed by atoms with Gasteiger partial charge in [-0.1, -0.05) is 26.8 Å². The molecule has 2 rings (SSSR count). The SMILES string of the molecule is CC(C)(C)SCC(=O)NCCc1cn2ccccc2n1. The highest BCUT2D eigenvalue weighted by atomic mass is 32.2. The van der Waals surface area contributed by atoms with Crippen LogP contribution in [0.25, 0.3) is 5.65 Å². The van der Waals surface area contributed by atoms with Crippen LogP contribution in [0, 0.1) is 0 Å². The molecule has 108 valence electrons. The molecule has 2 aromatic heterocycles. The van der Waals surface area contributed by atoms with Crippen molar-refractivity contribution < 1.29 is 4.79 Å². The standard InChI is InChI=1S/C15H21N3OS/c1-15(2,3)20-11-14(19)16-8-7-12-10-18-9-5-4-6-13(18)17-12/h4-6,9-10H,7-8,11H2,1-3H3,(H,16,19). The zero-order chi connectivity index (χ0) is 14.6. The van der Waals surface area contributed by atoms with E-state index >= 15 is 0 Å². The molecule has 0 fully saturated rings. The third-order valence-electron chi connectivity index (χ3n) is 2.75. The summed E-state index contributed by atoms with van der Waals surface area (Å²) in [5.41, 5.74) is 1.94. The van der Waals surface area contributed by atoms with E-state index in [-0.39, 0.29) is 10.7 Å². The molecule has 0 spiro atoms. The van der Waals surface area contributed by atoms with Gasteiger partial charge in [0, 0.05) is 30.1 Å². The van der Waals surface area contributed by atoms with Gasteiger partial charge in [0.2, 0.25) is 5.91 Å². The summed E-state index contributed by atoms with van der Waals surface area (Å²) in [6.07, 6.45) is 4.74. The number of hydrogen-bond acceptors (Lipinski definition) is 3. The predicted octanol–water partition coefficient (Wildman–Crippen LogP) is 2.52. The van der Waals surface area contributed by atoms with Gasteiger partial charge < -0.3 is 9.72 Å². The molecule has 2 aromatic rings. The van der Waals surface area contributed by atoms with Crippen molar-refractivity contribution in [2.24, 2.45) is 0 Å². The minimum Gasteiger partial charge on any atom is -0.355 e. The van der Waals surface area contributed by atoms with E-state index < -0.39 is 0 Å². The van der Waals surface area contributed by atoms with Crippen LogP contribution in [-0.2, 0) is 11.2 Å². The van der Waals surface area contributed by atoms with Crippen molar-refractivity contribution in [2.45, 2.75) is 31.9 Å². The second-order valence-electron chi connectivity index (χ2n) is 5.70. The second kappa shape index (κ2) is 6.31. The fourth-order valence-electron chi connectivity index (χ4n) is 1.77. The van der Waals surface area contributed by atoms with Crippen molar-refractivity contribution in [3.8, 4) is 0 Å². The molecule has 0 aliphatic rings. The molecule has 0 atom stereocenters. The molecule has 4 nitrogen and oxygen atoms in total. The zero-order valence-corrected chi connectivity index (χ0v) is 13.0. The first-order valence-electron chi connectivity index (χ1n) is 6.77. The molecular weight excluding hydrogens is 270 g/mol. The van der Waals surface area contributed by atoms with Crippen LogP contribution >= 0.6 is 11.8 Å². The van der Waals surface area contributed by atoms with E-state index in [1.54, 1.807) is 11.8 Å². The fourth-order valence-corrected chi connectivity index (χ4v) is 2.44. The zero-order valence-electron chi connectivity index (χ0n) is 12.2. The first kappa shape index (κ1) is 14.9. The van der Waals surface area contributed by atoms with E-state index in [1.807, 2.05) is 35.0 Å². The van der Waals surface area contributed by atoms with E-state index in [4.69, 9.17) is 0 Å². The van der Waals surface area contributed by atoms with Gasteiger partial charge in [0.1, 0.15) is 5.65 Å². The lowest BCUT2D eigenvalue weighted by Crippen LogP contribution is -2.28. The highest BCUT2D eigenvalue weighted by molar-refractivity contribution is 8.01. The Kier molecular flexibility index (Phi) is 4.70. The van der Waals surface area contributed by atoms with Crippen molar-refractivity contribution in [2.75, 3.05) is 12.3 Å². The van der Waals surface area contributed by atoms with Crippen molar-refractivity contribution in [3.05, 3.63) is 36.3 Å². The minimum absolute atomic E-state index is 0.0914. The van der Waals surface area contributed by atoms with Gasteiger partial charge >= 0.3 is 0 Å². The van der Waals surface area contributed by atoms with Gasteiger partial charge in [-0.15, -0.1) is 11.8 Å². The molecular formula is C15H21N3OS. The van der Waals surface area contributed by atoms with Crippen LogP contribution in [0.1, 0.15) is 26.5 Å². The first-order chi connectivity index (χ1) is 9.44. The van der Waals surface area contributed by atoms with E-state index in [1.165, 1.54) is 0 Å². The molecule has 0 unspecified atom stereocenters. The number of carbonyl (C=O) groups excluding carboxylic acids is 1. The van der Waals surface area contributed by atoms with Crippen LogP contribution in [0.4, 0.5) is 0 Å². The average molecular weight is 291 g/mol. The molecule has 0 saturated carbocycles. The molecule has 1 N–H and O–H groups in total. The topological polar surface area (TPSA) is 46.4 Å². The van der Waals surface area contributed by atoms with Crippen molar-refractivity contribution in [3.63, 3.8) is 0 Å². The Morgan fingerprint density at radius 3 is 2.90 bits per heavy atom. The quantitative estimate of drug-likeness (QED) is 0.921. The van der Waals surface area contributed by atoms with Crippen molar-refractivity contribution in [1.29, 1.82) is 0 Å². The second-order valence-corrected chi connectivity index (χ2v) is 7.50. The molecule has 0 saturated heterocycles. The number of amides is 1. The van der Waals surface area contributed by atoms with Crippen LogP contribution < -0.4 is 5.32 Å². The van der Waals surface area contributed by atoms with Crippen molar-refractivity contribution in [1.82, 2.24) is 14.7 Å². The summed E-state index contributed by atoms with van der Waals surface area (Å²) < 4.78 is 2.12. The number of nitrogens with one attached hydrogen (secondary N) is 1. The van der Waals surface area contributed by atoms with Gasteiger partial charge in [-0.25, -0.2) is 4.98 Å². The highest BCUT2D eigenvalue weighted by Gasteiger charge is 2.13. The number of aromatic nitrogens is 2. The van der Waals surface area contributed by atoms with Gasteiger partial charge in [-0.2, -0.15) is 0 Å². The lowest BCUT2D eigenvalue weighted by molar-refractivity contribution is -0.118. The van der Waals surface area contributed by atoms with E-state index in [0.717, 1.165) is 17.8 Å². The van der Waals surface area contributed by atoms with Crippen LogP contribution in [-0.4, -0.2) is 32.3 Å². The van der Waals surface area contributed by atoms with Crippen LogP contribution in [0.5, 0.6) is 0 Å². The van der Waals surface area contributed by atoms with Gasteiger partial charge in [-0.3, -0.25) is 4.79 Å². The summed E-state index contributed by atoms with van der Waals surface area (Å²) in [6, 6.07) is 5.92. The number of hydrogen-bond donors (Lipinski definition) is 1. The lowest BCUT2D eigenvalue weighted by Gasteiger charge is -2.16. The largest absolute Gasteiger partial charge is 0.355 e. The third kappa shape index (κ3) is 4.56. The van der Waals surface area contributed by atoms with E-state index in [0.29, 0.717) is 12.3 Å². The van der Waals surface area contributed by atoms with Gasteiger partial charge in [0.05, 0.1) is 11.4 Å². The Bertz CT molecular complexity index is 553. The Morgan fingerprint density at radius 1 is 1.40 bits per heavy atom. The number of thioether (sulfide) groups is 1. The Balaban J connectivity index is 1.76. The molecule has 0 aliphatic carbocycles. The number of carbonyl (C=O) groups is 1. The molecule has 2 heterocycles.